The van der Waals surface area contributed by atoms with Gasteiger partial charge in [-0.25, -0.2) is 14.3 Å². The van der Waals surface area contributed by atoms with Crippen molar-refractivity contribution in [2.75, 3.05) is 18.1 Å². The normalized spacial score (nSPS) is 19.4. The number of benzene rings is 2. The van der Waals surface area contributed by atoms with Gasteiger partial charge in [-0.05, 0) is 27.1 Å². The van der Waals surface area contributed by atoms with Gasteiger partial charge in [0.15, 0.2) is 6.10 Å². The Hall–Kier alpha value is -3.50. The minimum atomic E-state index is -1.95. The molecule has 2 aliphatic heterocycles. The number of aryl methyl sites for hydroxylation is 1. The smallest absolute Gasteiger partial charge is 0.409 e. The quantitative estimate of drug-likeness (QED) is 0.0751. The topological polar surface area (TPSA) is 158 Å². The molecule has 1 saturated heterocycles. The second-order valence-corrected chi connectivity index (χ2v) is 14.2. The average molecular weight is 713 g/mol. The first kappa shape index (κ1) is 32.9. The van der Waals surface area contributed by atoms with Gasteiger partial charge in [0.05, 0.1) is 0 Å². The fourth-order valence-electron chi connectivity index (χ4n) is 4.68. The number of carbonyl (C=O) groups excluding carboxylic acids is 4. The summed E-state index contributed by atoms with van der Waals surface area (Å²) in [6.07, 6.45) is -1.66. The fourth-order valence-corrected chi connectivity index (χ4v) is 7.26. The van der Waals surface area contributed by atoms with E-state index in [1.165, 1.54) is 33.1 Å². The van der Waals surface area contributed by atoms with Gasteiger partial charge < -0.3 is 14.8 Å². The van der Waals surface area contributed by atoms with E-state index in [2.05, 4.69) is 26.2 Å². The molecule has 2 N–H and O–H groups in total. The van der Waals surface area contributed by atoms with Crippen LogP contribution in [0.4, 0.5) is 4.79 Å². The van der Waals surface area contributed by atoms with Gasteiger partial charge in [0, 0.05) is 18.6 Å². The highest BCUT2D eigenvalue weighted by atomic mass is 35.6. The lowest BCUT2D eigenvalue weighted by molar-refractivity contribution is -0.162. The molecule has 0 unspecified atom stereocenters. The van der Waals surface area contributed by atoms with Crippen LogP contribution in [0.1, 0.15) is 17.2 Å². The number of β-lactam (4-membered cyclic amide) rings is 1. The van der Waals surface area contributed by atoms with Gasteiger partial charge in [-0.3, -0.25) is 19.8 Å². The summed E-state index contributed by atoms with van der Waals surface area (Å²) in [4.78, 5) is 53.5. The molecule has 2 atom stereocenters. The number of tetrazole rings is 1. The summed E-state index contributed by atoms with van der Waals surface area (Å²) in [7, 11) is 1.67. The highest BCUT2D eigenvalue weighted by molar-refractivity contribution is 8.01. The number of thioether (sulfide) groups is 2. The number of amides is 3. The molecule has 3 aromatic rings. The molecule has 2 aromatic carbocycles. The minimum absolute atomic E-state index is 0.0250. The van der Waals surface area contributed by atoms with Crippen molar-refractivity contribution < 1.29 is 28.7 Å². The number of hydrogen-bond donors (Lipinski definition) is 2. The Kier molecular flexibility index (Phi) is 10.1. The highest BCUT2D eigenvalue weighted by Crippen LogP contribution is 2.46. The van der Waals surface area contributed by atoms with Gasteiger partial charge in [0.25, 0.3) is 5.91 Å². The summed E-state index contributed by atoms with van der Waals surface area (Å²) < 4.78 is 10.6. The molecule has 3 amide bonds. The average Bonchev–Trinajstić information content (AvgIpc) is 3.45. The molecule has 18 heteroatoms. The van der Waals surface area contributed by atoms with Crippen molar-refractivity contribution in [1.82, 2.24) is 35.7 Å². The second-order valence-electron chi connectivity index (χ2n) is 9.66. The highest BCUT2D eigenvalue weighted by Gasteiger charge is 2.66. The van der Waals surface area contributed by atoms with E-state index in [9.17, 15) is 19.2 Å². The van der Waals surface area contributed by atoms with Crippen LogP contribution in [0.3, 0.4) is 0 Å². The predicted molar refractivity (Wildman–Crippen MR) is 167 cm³/mol. The Bertz CT molecular complexity index is 1570. The van der Waals surface area contributed by atoms with Crippen molar-refractivity contribution in [3.63, 3.8) is 0 Å². The molecule has 1 aromatic heterocycles. The van der Waals surface area contributed by atoms with E-state index in [0.29, 0.717) is 21.9 Å². The van der Waals surface area contributed by atoms with Crippen LogP contribution < -0.4 is 10.6 Å². The van der Waals surface area contributed by atoms with E-state index in [4.69, 9.17) is 44.3 Å². The standard InChI is InChI=1S/C27H24Cl3N7O6S2/c1-36-24(33-34-35-36)45-13-18-12-44-23-27(31-15-38,32-25(41)42-14-26(28,29)30)22(40)37(23)19(18)21(39)43-20(16-8-4-2-5-9-16)17-10-6-3-7-11-17/h2-11,15,20,23H,12-14H2,1H3,(H,31,38)(H,32,41)/t23-,27+/m0/s1. The second kappa shape index (κ2) is 13.9. The molecule has 5 rings (SSSR count). The molecule has 0 saturated carbocycles. The van der Waals surface area contributed by atoms with Crippen molar-refractivity contribution in [3.05, 3.63) is 83.1 Å². The van der Waals surface area contributed by atoms with Crippen LogP contribution in [0.2, 0.25) is 0 Å². The van der Waals surface area contributed by atoms with E-state index >= 15 is 0 Å². The predicted octanol–water partition coefficient (Wildman–Crippen LogP) is 3.34. The number of aromatic nitrogens is 4. The maximum absolute atomic E-state index is 14.1. The lowest BCUT2D eigenvalue weighted by Gasteiger charge is -2.56. The minimum Gasteiger partial charge on any atom is -0.448 e. The van der Waals surface area contributed by atoms with Gasteiger partial charge in [-0.1, -0.05) is 107 Å². The van der Waals surface area contributed by atoms with E-state index in [-0.39, 0.29) is 23.6 Å². The van der Waals surface area contributed by atoms with Crippen molar-refractivity contribution in [1.29, 1.82) is 0 Å². The largest absolute Gasteiger partial charge is 0.448 e. The molecule has 0 spiro atoms. The van der Waals surface area contributed by atoms with Crippen LogP contribution in [0.25, 0.3) is 0 Å². The summed E-state index contributed by atoms with van der Waals surface area (Å²) in [5.41, 5.74) is 0.00744. The number of halogens is 3. The van der Waals surface area contributed by atoms with Gasteiger partial charge in [-0.15, -0.1) is 16.9 Å². The number of ether oxygens (including phenoxy) is 2. The van der Waals surface area contributed by atoms with E-state index in [0.717, 1.165) is 0 Å². The summed E-state index contributed by atoms with van der Waals surface area (Å²) in [6.45, 7) is -0.619. The first-order chi connectivity index (χ1) is 21.5. The van der Waals surface area contributed by atoms with Gasteiger partial charge in [-0.2, -0.15) is 0 Å². The first-order valence-electron chi connectivity index (χ1n) is 13.1. The molecule has 0 aliphatic carbocycles. The van der Waals surface area contributed by atoms with Gasteiger partial charge in [0.2, 0.25) is 21.0 Å². The lowest BCUT2D eigenvalue weighted by Crippen LogP contribution is -2.85. The first-order valence-corrected chi connectivity index (χ1v) is 16.3. The number of alkyl halides is 3. The maximum Gasteiger partial charge on any atom is 0.409 e. The van der Waals surface area contributed by atoms with E-state index in [1.54, 1.807) is 7.05 Å². The number of alkyl carbamates (subject to hydrolysis) is 1. The number of nitrogens with zero attached hydrogens (tertiary/aromatic N) is 5. The molecule has 2 aliphatic rings. The Morgan fingerprint density at radius 3 is 2.36 bits per heavy atom. The number of fused-ring (bicyclic) bond motifs is 1. The van der Waals surface area contributed by atoms with Crippen LogP contribution in [0, 0.1) is 0 Å². The van der Waals surface area contributed by atoms with E-state index < -0.39 is 45.5 Å². The van der Waals surface area contributed by atoms with Crippen molar-refractivity contribution in [2.45, 2.75) is 26.1 Å². The third-order valence-corrected chi connectivity index (χ3v) is 9.50. The molecular weight excluding hydrogens is 689 g/mol. The molecule has 45 heavy (non-hydrogen) atoms. The fraction of sp³-hybridized carbons (Fsp3) is 0.296. The van der Waals surface area contributed by atoms with Crippen LogP contribution >= 0.6 is 58.3 Å². The zero-order valence-corrected chi connectivity index (χ0v) is 27.2. The zero-order chi connectivity index (χ0) is 32.2. The third kappa shape index (κ3) is 7.17. The maximum atomic E-state index is 14.1. The van der Waals surface area contributed by atoms with E-state index in [1.807, 2.05) is 60.7 Å². The molecule has 1 fully saturated rings. The molecule has 236 valence electrons. The monoisotopic (exact) mass is 711 g/mol. The number of esters is 1. The van der Waals surface area contributed by atoms with Gasteiger partial charge in [0.1, 0.15) is 17.7 Å². The molecule has 0 bridgehead atoms. The van der Waals surface area contributed by atoms with Crippen molar-refractivity contribution >= 4 is 82.7 Å². The van der Waals surface area contributed by atoms with Crippen LogP contribution in [0.15, 0.2) is 77.1 Å². The zero-order valence-electron chi connectivity index (χ0n) is 23.3. The summed E-state index contributed by atoms with van der Waals surface area (Å²) in [5, 5.41) is 15.7. The number of nitrogens with one attached hydrogen (secondary N) is 2. The van der Waals surface area contributed by atoms with Crippen LogP contribution in [-0.4, -0.2) is 82.4 Å². The van der Waals surface area contributed by atoms with Crippen LogP contribution in [0.5, 0.6) is 0 Å². The number of rotatable bonds is 11. The molecular formula is C27H24Cl3N7O6S2. The SMILES string of the molecule is Cn1nnnc1SCC1=C(C(=O)OC(c2ccccc2)c2ccccc2)N2C(=O)[C@@](NC=O)(NC(=O)OCC(Cl)(Cl)Cl)[C@@H]2SC1. The summed E-state index contributed by atoms with van der Waals surface area (Å²) >= 11 is 19.5. The van der Waals surface area contributed by atoms with Crippen molar-refractivity contribution in [2.24, 2.45) is 7.05 Å². The lowest BCUT2D eigenvalue weighted by atomic mass is 9.95. The van der Waals surface area contributed by atoms with Crippen molar-refractivity contribution in [3.8, 4) is 0 Å². The third-order valence-electron chi connectivity index (χ3n) is 6.68. The Labute approximate surface area is 280 Å². The summed E-state index contributed by atoms with van der Waals surface area (Å²) in [5.74, 6) is -1.12. The molecule has 3 heterocycles. The number of hydrogen-bond acceptors (Lipinski definition) is 11. The van der Waals surface area contributed by atoms with Gasteiger partial charge >= 0.3 is 12.1 Å². The Morgan fingerprint density at radius 1 is 1.16 bits per heavy atom. The Balaban J connectivity index is 1.48. The number of carbonyl (C=O) groups is 4. The molecule has 0 radical (unpaired) electrons. The Morgan fingerprint density at radius 2 is 1.80 bits per heavy atom. The molecule has 13 nitrogen and oxygen atoms in total. The summed E-state index contributed by atoms with van der Waals surface area (Å²) in [6, 6.07) is 18.3. The van der Waals surface area contributed by atoms with Crippen LogP contribution in [-0.2, 0) is 30.9 Å².